The van der Waals surface area contributed by atoms with Gasteiger partial charge in [0.25, 0.3) is 5.56 Å². The van der Waals surface area contributed by atoms with Crippen LogP contribution >= 0.6 is 0 Å². The molecule has 4 aromatic rings. The number of nitriles is 2. The number of H-pyrrole nitrogens is 1. The van der Waals surface area contributed by atoms with Crippen molar-refractivity contribution in [3.8, 4) is 12.1 Å². The first-order chi connectivity index (χ1) is 16.7. The summed E-state index contributed by atoms with van der Waals surface area (Å²) in [5.74, 6) is 0.201. The van der Waals surface area contributed by atoms with Gasteiger partial charge in [0.15, 0.2) is 17.0 Å². The van der Waals surface area contributed by atoms with Crippen LogP contribution in [0.15, 0.2) is 35.4 Å². The van der Waals surface area contributed by atoms with Crippen LogP contribution in [0.4, 0.5) is 13.2 Å². The normalized spacial score (nSPS) is 18.6. The molecular formula is C22H16F3N9O. The quantitative estimate of drug-likeness (QED) is 0.474. The van der Waals surface area contributed by atoms with E-state index in [4.69, 9.17) is 5.26 Å². The lowest BCUT2D eigenvalue weighted by Gasteiger charge is -2.35. The average Bonchev–Trinajstić information content (AvgIpc) is 3.42. The zero-order valence-electron chi connectivity index (χ0n) is 18.2. The number of fused-ring (bicyclic) bond motifs is 1. The number of aromatic amines is 1. The summed E-state index contributed by atoms with van der Waals surface area (Å²) >= 11 is 0. The maximum atomic E-state index is 12.9. The predicted molar refractivity (Wildman–Crippen MR) is 114 cm³/mol. The SMILES string of the molecule is C[C@H](c1ccc(C(F)(F)F)nc1)n1nc(C#N)c2c(=O)[nH]c([C@H]3CC[C@@H]3n3ccc(C#N)n3)nc21. The van der Waals surface area contributed by atoms with E-state index in [1.807, 2.05) is 12.1 Å². The molecule has 10 nitrogen and oxygen atoms in total. The van der Waals surface area contributed by atoms with Crippen molar-refractivity contribution >= 4 is 11.0 Å². The lowest BCUT2D eigenvalue weighted by molar-refractivity contribution is -0.141. The molecule has 0 aromatic carbocycles. The van der Waals surface area contributed by atoms with Crippen molar-refractivity contribution in [2.24, 2.45) is 0 Å². The van der Waals surface area contributed by atoms with Gasteiger partial charge in [0.2, 0.25) is 0 Å². The van der Waals surface area contributed by atoms with Crippen molar-refractivity contribution in [2.45, 2.75) is 43.9 Å². The Morgan fingerprint density at radius 1 is 1.17 bits per heavy atom. The molecule has 13 heteroatoms. The van der Waals surface area contributed by atoms with Crippen molar-refractivity contribution in [3.63, 3.8) is 0 Å². The molecule has 0 spiro atoms. The van der Waals surface area contributed by atoms with Gasteiger partial charge < -0.3 is 4.98 Å². The van der Waals surface area contributed by atoms with Gasteiger partial charge in [-0.2, -0.15) is 33.9 Å². The molecule has 0 aliphatic heterocycles. The van der Waals surface area contributed by atoms with Gasteiger partial charge in [0.1, 0.15) is 29.0 Å². The van der Waals surface area contributed by atoms with E-state index < -0.39 is 23.5 Å². The monoisotopic (exact) mass is 479 g/mol. The zero-order chi connectivity index (χ0) is 24.9. The third-order valence-corrected chi connectivity index (χ3v) is 6.26. The maximum absolute atomic E-state index is 12.9. The van der Waals surface area contributed by atoms with Crippen molar-refractivity contribution in [3.05, 3.63) is 69.4 Å². The fraction of sp³-hybridized carbons (Fsp3) is 0.318. The lowest BCUT2D eigenvalue weighted by Crippen LogP contribution is -2.31. The van der Waals surface area contributed by atoms with Crippen molar-refractivity contribution in [1.29, 1.82) is 10.5 Å². The number of rotatable bonds is 4. The van der Waals surface area contributed by atoms with E-state index in [1.54, 1.807) is 23.9 Å². The Labute approximate surface area is 195 Å². The Kier molecular flexibility index (Phi) is 5.13. The molecule has 1 fully saturated rings. The fourth-order valence-electron chi connectivity index (χ4n) is 4.25. The number of nitrogens with one attached hydrogen (secondary N) is 1. The van der Waals surface area contributed by atoms with E-state index in [0.29, 0.717) is 11.4 Å². The van der Waals surface area contributed by atoms with Gasteiger partial charge in [-0.3, -0.25) is 14.5 Å². The maximum Gasteiger partial charge on any atom is 0.433 e. The second kappa shape index (κ2) is 8.06. The molecule has 4 heterocycles. The molecule has 176 valence electrons. The third-order valence-electron chi connectivity index (χ3n) is 6.26. The highest BCUT2D eigenvalue weighted by Gasteiger charge is 2.37. The zero-order valence-corrected chi connectivity index (χ0v) is 18.2. The Balaban J connectivity index is 1.56. The smallest absolute Gasteiger partial charge is 0.309 e. The molecule has 0 saturated heterocycles. The van der Waals surface area contributed by atoms with Crippen LogP contribution in [0.3, 0.4) is 0 Å². The van der Waals surface area contributed by atoms with E-state index in [1.165, 1.54) is 10.7 Å². The standard InChI is InChI=1S/C22H16F3N9O/c1-11(12-2-5-17(28-10-12)22(23,24)25)34-20-18(15(9-27)32-34)21(35)30-19(29-20)14-3-4-16(14)33-7-6-13(8-26)31-33/h2,5-7,10-11,14,16H,3-4H2,1H3,(H,29,30,35)/t11-,14+,16+/m1/s1. The van der Waals surface area contributed by atoms with E-state index in [0.717, 1.165) is 25.1 Å². The van der Waals surface area contributed by atoms with E-state index in [9.17, 15) is 23.2 Å². The molecule has 3 atom stereocenters. The first-order valence-corrected chi connectivity index (χ1v) is 10.6. The lowest BCUT2D eigenvalue weighted by atomic mass is 9.79. The van der Waals surface area contributed by atoms with Gasteiger partial charge in [-0.05, 0) is 37.5 Å². The summed E-state index contributed by atoms with van der Waals surface area (Å²) in [5.41, 5.74) is -0.864. The first-order valence-electron chi connectivity index (χ1n) is 10.6. The minimum Gasteiger partial charge on any atom is -0.309 e. The summed E-state index contributed by atoms with van der Waals surface area (Å²) in [6.45, 7) is 1.67. The Bertz CT molecular complexity index is 1570. The number of nitrogens with zero attached hydrogens (tertiary/aromatic N) is 8. The summed E-state index contributed by atoms with van der Waals surface area (Å²) < 4.78 is 41.7. The molecule has 35 heavy (non-hydrogen) atoms. The molecule has 1 aliphatic rings. The second-order valence-electron chi connectivity index (χ2n) is 8.25. The van der Waals surface area contributed by atoms with Crippen LogP contribution in [0.25, 0.3) is 11.0 Å². The predicted octanol–water partition coefficient (Wildman–Crippen LogP) is 3.20. The van der Waals surface area contributed by atoms with Gasteiger partial charge in [-0.25, -0.2) is 9.67 Å². The first kappa shape index (κ1) is 22.3. The fourth-order valence-corrected chi connectivity index (χ4v) is 4.25. The highest BCUT2D eigenvalue weighted by atomic mass is 19.4. The highest BCUT2D eigenvalue weighted by molar-refractivity contribution is 5.80. The minimum atomic E-state index is -4.57. The number of hydrogen-bond donors (Lipinski definition) is 1. The topological polar surface area (TPSA) is 142 Å². The molecule has 0 amide bonds. The summed E-state index contributed by atoms with van der Waals surface area (Å²) in [5, 5.41) is 27.0. The number of alkyl halides is 3. The third kappa shape index (κ3) is 3.71. The molecule has 0 bridgehead atoms. The second-order valence-corrected chi connectivity index (χ2v) is 8.25. The van der Waals surface area contributed by atoms with Gasteiger partial charge in [-0.1, -0.05) is 6.07 Å². The number of aromatic nitrogens is 7. The summed E-state index contributed by atoms with van der Waals surface area (Å²) in [4.78, 5) is 23.8. The summed E-state index contributed by atoms with van der Waals surface area (Å²) in [6.07, 6.45) is -0.287. The molecule has 1 saturated carbocycles. The Morgan fingerprint density at radius 3 is 2.54 bits per heavy atom. The number of halogens is 3. The van der Waals surface area contributed by atoms with Gasteiger partial charge in [0.05, 0.1) is 12.1 Å². The van der Waals surface area contributed by atoms with E-state index in [2.05, 4.69) is 25.1 Å². The van der Waals surface area contributed by atoms with Crippen molar-refractivity contribution in [2.75, 3.05) is 0 Å². The molecule has 0 radical (unpaired) electrons. The Morgan fingerprint density at radius 2 is 1.97 bits per heavy atom. The van der Waals surface area contributed by atoms with Crippen LogP contribution in [0.2, 0.25) is 0 Å². The molecule has 0 unspecified atom stereocenters. The minimum absolute atomic E-state index is 0.00435. The molecule has 4 aromatic heterocycles. The summed E-state index contributed by atoms with van der Waals surface area (Å²) in [6, 6.07) is 6.85. The van der Waals surface area contributed by atoms with Gasteiger partial charge >= 0.3 is 6.18 Å². The largest absolute Gasteiger partial charge is 0.433 e. The van der Waals surface area contributed by atoms with E-state index in [-0.39, 0.29) is 34.4 Å². The van der Waals surface area contributed by atoms with Crippen LogP contribution in [0, 0.1) is 22.7 Å². The van der Waals surface area contributed by atoms with Gasteiger partial charge in [0, 0.05) is 18.3 Å². The van der Waals surface area contributed by atoms with Crippen LogP contribution < -0.4 is 5.56 Å². The number of pyridine rings is 1. The Hall–Kier alpha value is -4.52. The van der Waals surface area contributed by atoms with Crippen molar-refractivity contribution < 1.29 is 13.2 Å². The van der Waals surface area contributed by atoms with Crippen LogP contribution in [-0.4, -0.2) is 34.5 Å². The molecule has 1 N–H and O–H groups in total. The van der Waals surface area contributed by atoms with Crippen molar-refractivity contribution in [1.82, 2.24) is 34.5 Å². The van der Waals surface area contributed by atoms with E-state index >= 15 is 0 Å². The molecular weight excluding hydrogens is 463 g/mol. The van der Waals surface area contributed by atoms with Crippen LogP contribution in [0.5, 0.6) is 0 Å². The molecule has 1 aliphatic carbocycles. The number of hydrogen-bond acceptors (Lipinski definition) is 7. The highest BCUT2D eigenvalue weighted by Crippen LogP contribution is 2.44. The van der Waals surface area contributed by atoms with Crippen LogP contribution in [-0.2, 0) is 6.18 Å². The van der Waals surface area contributed by atoms with Gasteiger partial charge in [-0.15, -0.1) is 0 Å². The molecule has 5 rings (SSSR count). The average molecular weight is 479 g/mol. The summed E-state index contributed by atoms with van der Waals surface area (Å²) in [7, 11) is 0. The van der Waals surface area contributed by atoms with Crippen LogP contribution in [0.1, 0.15) is 66.2 Å².